The molecule has 0 aliphatic heterocycles. The molecule has 3 rings (SSSR count). The number of carbonyl (C=O) groups excluding carboxylic acids is 3. The second kappa shape index (κ2) is 7.59. The standard InChI is InChI=1S/C20H19N3O5/c1-4-16(24)18(25)22-12-6-7-13-11(3)10-23-17(14(13)8-12)21-9-15(19(23)26)20(27)28-5-2/h6-10H,4-5H2,1-3H3,(H,22,25). The molecule has 8 heteroatoms. The van der Waals surface area contributed by atoms with Crippen LogP contribution in [-0.4, -0.2) is 33.7 Å². The summed E-state index contributed by atoms with van der Waals surface area (Å²) in [6.07, 6.45) is 2.90. The molecule has 0 radical (unpaired) electrons. The molecule has 2 aromatic heterocycles. The van der Waals surface area contributed by atoms with Crippen molar-refractivity contribution in [2.75, 3.05) is 11.9 Å². The lowest BCUT2D eigenvalue weighted by molar-refractivity contribution is -0.134. The maximum absolute atomic E-state index is 12.7. The Morgan fingerprint density at radius 1 is 1.18 bits per heavy atom. The van der Waals surface area contributed by atoms with Crippen LogP contribution in [0.1, 0.15) is 36.2 Å². The van der Waals surface area contributed by atoms with Crippen LogP contribution in [0.5, 0.6) is 0 Å². The summed E-state index contributed by atoms with van der Waals surface area (Å²) in [7, 11) is 0. The SMILES string of the molecule is CCOC(=O)c1cnc2c3cc(NC(=O)C(=O)CC)ccc3c(C)cn2c1=O. The number of hydrogen-bond donors (Lipinski definition) is 1. The van der Waals surface area contributed by atoms with Gasteiger partial charge in [0.1, 0.15) is 11.2 Å². The molecule has 0 bridgehead atoms. The van der Waals surface area contributed by atoms with Gasteiger partial charge in [-0.05, 0) is 36.9 Å². The molecule has 0 aliphatic rings. The van der Waals surface area contributed by atoms with Gasteiger partial charge in [-0.15, -0.1) is 0 Å². The fourth-order valence-corrected chi connectivity index (χ4v) is 2.91. The van der Waals surface area contributed by atoms with Gasteiger partial charge >= 0.3 is 5.97 Å². The molecule has 3 aromatic rings. The second-order valence-electron chi connectivity index (χ2n) is 6.19. The average molecular weight is 381 g/mol. The number of fused-ring (bicyclic) bond motifs is 3. The molecule has 2 heterocycles. The fourth-order valence-electron chi connectivity index (χ4n) is 2.91. The van der Waals surface area contributed by atoms with E-state index in [9.17, 15) is 19.2 Å². The number of Topliss-reactive ketones (excluding diaryl/α,β-unsaturated/α-hetero) is 1. The molecule has 144 valence electrons. The van der Waals surface area contributed by atoms with E-state index in [0.717, 1.165) is 10.9 Å². The number of pyridine rings is 1. The molecule has 0 saturated carbocycles. The third-order valence-corrected chi connectivity index (χ3v) is 4.33. The van der Waals surface area contributed by atoms with Crippen molar-refractivity contribution in [1.29, 1.82) is 0 Å². The highest BCUT2D eigenvalue weighted by Crippen LogP contribution is 2.25. The van der Waals surface area contributed by atoms with Crippen LogP contribution in [0.2, 0.25) is 0 Å². The molecule has 1 amide bonds. The number of esters is 1. The van der Waals surface area contributed by atoms with E-state index < -0.39 is 23.2 Å². The fraction of sp³-hybridized carbons (Fsp3) is 0.250. The summed E-state index contributed by atoms with van der Waals surface area (Å²) in [6, 6.07) is 5.11. The van der Waals surface area contributed by atoms with E-state index in [-0.39, 0.29) is 18.6 Å². The van der Waals surface area contributed by atoms with Gasteiger partial charge in [-0.3, -0.25) is 18.8 Å². The first kappa shape index (κ1) is 19.2. The number of amides is 1. The van der Waals surface area contributed by atoms with Crippen LogP contribution >= 0.6 is 0 Å². The zero-order chi connectivity index (χ0) is 20.4. The van der Waals surface area contributed by atoms with Crippen molar-refractivity contribution in [2.45, 2.75) is 27.2 Å². The van der Waals surface area contributed by atoms with E-state index in [1.807, 2.05) is 6.92 Å². The summed E-state index contributed by atoms with van der Waals surface area (Å²) in [5, 5.41) is 3.99. The molecule has 0 fully saturated rings. The van der Waals surface area contributed by atoms with Gasteiger partial charge in [-0.25, -0.2) is 9.78 Å². The highest BCUT2D eigenvalue weighted by atomic mass is 16.5. The Morgan fingerprint density at radius 3 is 2.61 bits per heavy atom. The first-order valence-corrected chi connectivity index (χ1v) is 8.83. The molecule has 8 nitrogen and oxygen atoms in total. The average Bonchev–Trinajstić information content (AvgIpc) is 2.68. The zero-order valence-electron chi connectivity index (χ0n) is 15.7. The molecule has 0 atom stereocenters. The smallest absolute Gasteiger partial charge is 0.345 e. The lowest BCUT2D eigenvalue weighted by atomic mass is 10.1. The predicted octanol–water partition coefficient (Wildman–Crippen LogP) is 2.25. The van der Waals surface area contributed by atoms with E-state index >= 15 is 0 Å². The summed E-state index contributed by atoms with van der Waals surface area (Å²) in [5.41, 5.74) is 0.835. The quantitative estimate of drug-likeness (QED) is 0.413. The minimum Gasteiger partial charge on any atom is -0.462 e. The largest absolute Gasteiger partial charge is 0.462 e. The van der Waals surface area contributed by atoms with Gasteiger partial charge in [-0.2, -0.15) is 0 Å². The number of nitrogens with zero attached hydrogens (tertiary/aromatic N) is 2. The minimum atomic E-state index is -0.730. The molecular formula is C20H19N3O5. The van der Waals surface area contributed by atoms with Gasteiger partial charge in [0.2, 0.25) is 5.78 Å². The summed E-state index contributed by atoms with van der Waals surface area (Å²) >= 11 is 0. The Hall–Kier alpha value is -3.55. The van der Waals surface area contributed by atoms with Crippen molar-refractivity contribution in [1.82, 2.24) is 9.38 Å². The van der Waals surface area contributed by atoms with Crippen LogP contribution < -0.4 is 10.9 Å². The van der Waals surface area contributed by atoms with Gasteiger partial charge < -0.3 is 10.1 Å². The number of rotatable bonds is 5. The van der Waals surface area contributed by atoms with Gasteiger partial charge in [0.05, 0.1) is 6.61 Å². The third-order valence-electron chi connectivity index (χ3n) is 4.33. The van der Waals surface area contributed by atoms with Crippen molar-refractivity contribution in [3.8, 4) is 0 Å². The van der Waals surface area contributed by atoms with Gasteiger partial charge in [-0.1, -0.05) is 13.0 Å². The number of aryl methyl sites for hydroxylation is 1. The number of ether oxygens (including phenoxy) is 1. The van der Waals surface area contributed by atoms with Gasteiger partial charge in [0.25, 0.3) is 11.5 Å². The molecule has 28 heavy (non-hydrogen) atoms. The van der Waals surface area contributed by atoms with E-state index in [0.29, 0.717) is 16.7 Å². The topological polar surface area (TPSA) is 107 Å². The van der Waals surface area contributed by atoms with Gasteiger partial charge in [0, 0.05) is 29.9 Å². The van der Waals surface area contributed by atoms with Gasteiger partial charge in [0.15, 0.2) is 0 Å². The maximum Gasteiger partial charge on any atom is 0.345 e. The Morgan fingerprint density at radius 2 is 1.93 bits per heavy atom. The number of aromatic nitrogens is 2. The van der Waals surface area contributed by atoms with E-state index in [4.69, 9.17) is 4.74 Å². The normalized spacial score (nSPS) is 10.8. The van der Waals surface area contributed by atoms with Crippen LogP contribution in [0.4, 0.5) is 5.69 Å². The maximum atomic E-state index is 12.7. The highest BCUT2D eigenvalue weighted by molar-refractivity contribution is 6.40. The van der Waals surface area contributed by atoms with Crippen LogP contribution in [0.25, 0.3) is 16.4 Å². The second-order valence-corrected chi connectivity index (χ2v) is 6.19. The Kier molecular flexibility index (Phi) is 5.21. The molecular weight excluding hydrogens is 362 g/mol. The first-order chi connectivity index (χ1) is 13.4. The van der Waals surface area contributed by atoms with Crippen LogP contribution in [0, 0.1) is 6.92 Å². The number of benzene rings is 1. The van der Waals surface area contributed by atoms with Crippen LogP contribution in [-0.2, 0) is 14.3 Å². The summed E-state index contributed by atoms with van der Waals surface area (Å²) in [5.74, 6) is -1.96. The number of ketones is 1. The highest BCUT2D eigenvalue weighted by Gasteiger charge is 2.17. The summed E-state index contributed by atoms with van der Waals surface area (Å²) < 4.78 is 6.18. The van der Waals surface area contributed by atoms with Crippen molar-refractivity contribution in [2.24, 2.45) is 0 Å². The Balaban J connectivity index is 2.19. The lowest BCUT2D eigenvalue weighted by Gasteiger charge is -2.11. The Bertz CT molecular complexity index is 1180. The van der Waals surface area contributed by atoms with Crippen molar-refractivity contribution >= 4 is 39.8 Å². The predicted molar refractivity (Wildman–Crippen MR) is 104 cm³/mol. The van der Waals surface area contributed by atoms with Crippen molar-refractivity contribution in [3.63, 3.8) is 0 Å². The Labute approximate surface area is 160 Å². The van der Waals surface area contributed by atoms with Crippen LogP contribution in [0.15, 0.2) is 35.4 Å². The number of anilines is 1. The zero-order valence-corrected chi connectivity index (χ0v) is 15.7. The molecule has 0 unspecified atom stereocenters. The van der Waals surface area contributed by atoms with Crippen molar-refractivity contribution in [3.05, 3.63) is 52.1 Å². The molecule has 1 aromatic carbocycles. The first-order valence-electron chi connectivity index (χ1n) is 8.83. The molecule has 0 spiro atoms. The number of nitrogens with one attached hydrogen (secondary N) is 1. The van der Waals surface area contributed by atoms with E-state index in [2.05, 4.69) is 10.3 Å². The minimum absolute atomic E-state index is 0.106. The van der Waals surface area contributed by atoms with E-state index in [1.165, 1.54) is 10.6 Å². The third kappa shape index (κ3) is 3.36. The molecule has 1 N–H and O–H groups in total. The van der Waals surface area contributed by atoms with Crippen molar-refractivity contribution < 1.29 is 19.1 Å². The number of carbonyl (C=O) groups is 3. The van der Waals surface area contributed by atoms with Crippen LogP contribution in [0.3, 0.4) is 0 Å². The monoisotopic (exact) mass is 381 g/mol. The molecule has 0 saturated heterocycles. The van der Waals surface area contributed by atoms with E-state index in [1.54, 1.807) is 38.2 Å². The summed E-state index contributed by atoms with van der Waals surface area (Å²) in [4.78, 5) is 52.4. The number of hydrogen-bond acceptors (Lipinski definition) is 6. The lowest BCUT2D eigenvalue weighted by Crippen LogP contribution is -2.24. The summed E-state index contributed by atoms with van der Waals surface area (Å²) in [6.45, 7) is 5.23. The molecule has 0 aliphatic carbocycles.